The number of aromatic nitrogens is 10. The molecule has 0 aliphatic heterocycles. The maximum Gasteiger partial charge on any atom is 0.0163 e. The molecule has 765 valence electrons. The predicted octanol–water partition coefficient (Wildman–Crippen LogP) is 33.7. The number of aryl methyl sites for hydroxylation is 8. The summed E-state index contributed by atoms with van der Waals surface area (Å²) in [6.07, 6.45) is 23.9. The Bertz CT molecular complexity index is 7030. The van der Waals surface area contributed by atoms with Gasteiger partial charge in [0.15, 0.2) is 0 Å². The molecule has 5 radical (unpaired) electrons. The van der Waals surface area contributed by atoms with E-state index in [4.69, 9.17) is 24.9 Å². The van der Waals surface area contributed by atoms with Crippen molar-refractivity contribution in [2.24, 2.45) is 29.6 Å². The van der Waals surface area contributed by atoms with Crippen LogP contribution in [-0.2, 0) is 138 Å². The minimum atomic E-state index is 0. The molecule has 0 bridgehead atoms. The molecule has 0 saturated carbocycles. The molecule has 7 aromatic carbocycles. The first-order chi connectivity index (χ1) is 67.6. The van der Waals surface area contributed by atoms with Gasteiger partial charge >= 0.3 is 0 Å². The quantitative estimate of drug-likeness (QED) is 0.0539. The van der Waals surface area contributed by atoms with E-state index in [0.29, 0.717) is 41.4 Å². The number of benzene rings is 7. The van der Waals surface area contributed by atoms with Crippen molar-refractivity contribution < 1.29 is 101 Å². The molecule has 15 heteroatoms. The minimum Gasteiger partial charge on any atom is -0.352 e. The van der Waals surface area contributed by atoms with Crippen LogP contribution in [0.3, 0.4) is 0 Å². The summed E-state index contributed by atoms with van der Waals surface area (Å²) in [4.78, 5) is 47.1. The summed E-state index contributed by atoms with van der Waals surface area (Å²) in [6.45, 7) is 57.6. The van der Waals surface area contributed by atoms with Gasteiger partial charge in [-0.3, -0.25) is 0 Å². The van der Waals surface area contributed by atoms with Crippen molar-refractivity contribution in [2.45, 2.75) is 229 Å². The summed E-state index contributed by atoms with van der Waals surface area (Å²) in [5.41, 5.74) is 47.0. The third-order valence-corrected chi connectivity index (χ3v) is 25.4. The van der Waals surface area contributed by atoms with E-state index in [9.17, 15) is 0 Å². The smallest absolute Gasteiger partial charge is 0.0163 e. The van der Waals surface area contributed by atoms with E-state index in [1.165, 1.54) is 139 Å². The number of hydrogen-bond donors (Lipinski definition) is 0. The molecule has 0 N–H and O–H groups in total. The van der Waals surface area contributed by atoms with E-state index in [-0.39, 0.29) is 106 Å². The van der Waals surface area contributed by atoms with Gasteiger partial charge in [-0.2, -0.15) is 0 Å². The zero-order valence-corrected chi connectivity index (χ0v) is 102. The molecule has 0 aliphatic rings. The van der Waals surface area contributed by atoms with E-state index in [0.717, 1.165) is 122 Å². The van der Waals surface area contributed by atoms with Gasteiger partial charge in [0.05, 0.1) is 0 Å². The maximum atomic E-state index is 4.83. The molecule has 0 atom stereocenters. The summed E-state index contributed by atoms with van der Waals surface area (Å²) in [5, 5.41) is 0. The molecule has 0 spiro atoms. The van der Waals surface area contributed by atoms with Gasteiger partial charge in [-0.25, -0.2) is 0 Å². The first-order valence-corrected chi connectivity index (χ1v) is 50.3. The molecule has 0 saturated heterocycles. The van der Waals surface area contributed by atoms with Crippen LogP contribution in [0, 0.1) is 122 Å². The largest absolute Gasteiger partial charge is 0.352 e. The molecule has 146 heavy (non-hydrogen) atoms. The van der Waals surface area contributed by atoms with Crippen molar-refractivity contribution >= 4 is 0 Å². The van der Waals surface area contributed by atoms with Crippen LogP contribution in [0.1, 0.15) is 224 Å². The Hall–Kier alpha value is -10.7. The molecule has 0 aliphatic carbocycles. The van der Waals surface area contributed by atoms with Gasteiger partial charge in [-0.15, -0.1) is 60.7 Å². The summed E-state index contributed by atoms with van der Waals surface area (Å²) in [7, 11) is 0. The van der Waals surface area contributed by atoms with Crippen molar-refractivity contribution in [1.82, 2.24) is 49.8 Å². The maximum absolute atomic E-state index is 4.83. The normalized spacial score (nSPS) is 11.0. The second kappa shape index (κ2) is 56.6. The molecule has 0 fully saturated rings. The Morgan fingerprint density at radius 3 is 0.788 bits per heavy atom. The van der Waals surface area contributed by atoms with Gasteiger partial charge in [-0.05, 0) is 301 Å². The van der Waals surface area contributed by atoms with Gasteiger partial charge < -0.3 is 49.8 Å². The van der Waals surface area contributed by atoms with E-state index in [1.54, 1.807) is 0 Å². The second-order valence-corrected chi connectivity index (χ2v) is 41.6. The topological polar surface area (TPSA) is 129 Å². The Labute approximate surface area is 940 Å². The number of pyridine rings is 10. The van der Waals surface area contributed by atoms with Crippen LogP contribution in [0.2, 0.25) is 0 Å². The Balaban J connectivity index is 0.000000221. The molecule has 10 nitrogen and oxygen atoms in total. The Morgan fingerprint density at radius 2 is 0.507 bits per heavy atom. The minimum absolute atomic E-state index is 0. The number of rotatable bonds is 24. The summed E-state index contributed by atoms with van der Waals surface area (Å²) >= 11 is 0. The van der Waals surface area contributed by atoms with E-state index in [1.807, 2.05) is 98.4 Å². The fourth-order valence-corrected chi connectivity index (χ4v) is 19.2. The average molecular weight is 2820 g/mol. The fourth-order valence-electron chi connectivity index (χ4n) is 19.2. The standard InChI is InChI=1S/2C28H27N2.2C26H31N2.C23H25N2.5Ir/c1-19(2)17-22-14-16-29-26(18-22)25-11-8-15-30-28(25)27-20(3)12-13-24(21(27)4)23-9-6-5-7-10-23;1-19(2)15-22-12-14-29-26(18-22)25-11-8-13-30-28(25)27-20(3)16-24(17-21(27)4)23-9-6-5-7-10-23;1-17(2)13-20-10-12-27-23(16-20)22-9-8-11-28-25(22)24-18(3)14-21(15-19(24)4)26(5,6)7;1-17(2)15-20-12-14-27-24(16-20)23-11-8-13-28-26(23)25-21(18(3)4)9-7-10-22(25)19(5)6;1-15(2)11-19-8-10-24-21(14-19)20-7-6-9-25-23(20)22-17(4)12-16(3)13-18(22)5;;;;;/h5-10,12-16,18-19H,17H2,1-4H3;5-10,12-14,16-19H,15H2,1-4H3;8,10-12,14-17H,13H2,1-7H3;7-10,12-14,16-19H,15H2,1-6H3;6,8-10,12-15H,11H2,1-5H3;;;;;/q5*-1;;;;;. The first-order valence-electron chi connectivity index (χ1n) is 50.3. The third kappa shape index (κ3) is 31.7. The summed E-state index contributed by atoms with van der Waals surface area (Å²) < 4.78 is 0. The van der Waals surface area contributed by atoms with Crippen molar-refractivity contribution in [1.29, 1.82) is 0 Å². The van der Waals surface area contributed by atoms with Crippen molar-refractivity contribution in [3.8, 4) is 135 Å². The monoisotopic (exact) mass is 2820 g/mol. The average Bonchev–Trinajstić information content (AvgIpc) is 0.787. The van der Waals surface area contributed by atoms with Crippen molar-refractivity contribution in [3.05, 3.63) is 405 Å². The molecule has 10 aromatic heterocycles. The van der Waals surface area contributed by atoms with Crippen molar-refractivity contribution in [2.75, 3.05) is 0 Å². The van der Waals surface area contributed by atoms with Crippen molar-refractivity contribution in [3.63, 3.8) is 0 Å². The van der Waals surface area contributed by atoms with Crippen LogP contribution in [-0.4, -0.2) is 49.8 Å². The molecule has 0 unspecified atom stereocenters. The Kier molecular flexibility index (Phi) is 46.7. The SMILES string of the molecule is CC(C)Cc1ccnc(-c2[c-]ccnc2-c2c(C(C)C)cccc2C(C)C)c1.Cc1cc(-c2ccccc2)cc(C)c1-c1ncc[c-]c1-c1cc(CC(C)C)ccn1.Cc1cc(C(C)(C)C)cc(C)c1-c1ncc[c-]c1-c1cc(CC(C)C)ccn1.Cc1cc(C)c(-c2ncc[c-]c2-c2cc(CC(C)C)ccn2)c(C)c1.Cc1ccc(-c2ccccc2)c(C)c1-c1ncc[c-]c1-c1cc(CC(C)C)ccn1.[Ir].[Ir].[Ir].[Ir].[Ir]. The first kappa shape index (κ1) is 121. The van der Waals surface area contributed by atoms with E-state index < -0.39 is 0 Å². The fraction of sp³-hybridized carbons (Fsp3) is 0.298. The van der Waals surface area contributed by atoms with Gasteiger partial charge in [0, 0.05) is 132 Å². The van der Waals surface area contributed by atoms with Crippen LogP contribution in [0.5, 0.6) is 0 Å². The van der Waals surface area contributed by atoms with Crippen LogP contribution in [0.4, 0.5) is 0 Å². The zero-order chi connectivity index (χ0) is 101. The van der Waals surface area contributed by atoms with E-state index in [2.05, 4.69) is 417 Å². The van der Waals surface area contributed by atoms with E-state index >= 15 is 0 Å². The summed E-state index contributed by atoms with van der Waals surface area (Å²) in [5.74, 6) is 3.89. The van der Waals surface area contributed by atoms with Gasteiger partial charge in [0.25, 0.3) is 0 Å². The van der Waals surface area contributed by atoms with Gasteiger partial charge in [0.1, 0.15) is 0 Å². The molecule has 17 rings (SSSR count). The summed E-state index contributed by atoms with van der Waals surface area (Å²) in [6, 6.07) is 93.5. The zero-order valence-electron chi connectivity index (χ0n) is 89.8. The van der Waals surface area contributed by atoms with Crippen LogP contribution < -0.4 is 0 Å². The molecular weight excluding hydrogens is 2670 g/mol. The predicted molar refractivity (Wildman–Crippen MR) is 592 cm³/mol. The number of nitrogens with zero attached hydrogens (tertiary/aromatic N) is 10. The number of hydrogen-bond acceptors (Lipinski definition) is 10. The third-order valence-electron chi connectivity index (χ3n) is 25.4. The molecule has 0 amide bonds. The molecule has 10 heterocycles. The Morgan fingerprint density at radius 1 is 0.240 bits per heavy atom. The van der Waals surface area contributed by atoms with Crippen LogP contribution in [0.15, 0.2) is 280 Å². The second-order valence-electron chi connectivity index (χ2n) is 41.6. The van der Waals surface area contributed by atoms with Gasteiger partial charge in [0.2, 0.25) is 0 Å². The van der Waals surface area contributed by atoms with Gasteiger partial charge in [-0.1, -0.05) is 407 Å². The molecule has 17 aromatic rings. The molecular formula is C131H141Ir5N10-5. The van der Waals surface area contributed by atoms with Crippen LogP contribution in [0.25, 0.3) is 135 Å². The van der Waals surface area contributed by atoms with Crippen LogP contribution >= 0.6 is 0 Å².